The molecule has 1 aliphatic rings. The average Bonchev–Trinajstić information content (AvgIpc) is 2.51. The van der Waals surface area contributed by atoms with E-state index in [1.165, 1.54) is 25.9 Å². The summed E-state index contributed by atoms with van der Waals surface area (Å²) in [5.41, 5.74) is 6.24. The van der Waals surface area contributed by atoms with E-state index >= 15 is 0 Å². The molecule has 1 atom stereocenters. The number of rotatable bonds is 10. The minimum Gasteiger partial charge on any atom is -0.381 e. The Morgan fingerprint density at radius 1 is 1.05 bits per heavy atom. The first-order valence-electron chi connectivity index (χ1n) is 8.42. The molecule has 2 N–H and O–H groups in total. The molecule has 1 fully saturated rings. The van der Waals surface area contributed by atoms with E-state index in [4.69, 9.17) is 10.5 Å². The van der Waals surface area contributed by atoms with E-state index in [-0.39, 0.29) is 5.41 Å². The molecule has 120 valence electrons. The fourth-order valence-corrected chi connectivity index (χ4v) is 3.14. The van der Waals surface area contributed by atoms with Gasteiger partial charge < -0.3 is 20.3 Å². The van der Waals surface area contributed by atoms with Gasteiger partial charge in [-0.25, -0.2) is 0 Å². The minimum absolute atomic E-state index is 0.198. The van der Waals surface area contributed by atoms with Gasteiger partial charge in [-0.2, -0.15) is 0 Å². The standard InChI is InChI=1S/C16H35N3O/c1-4-18(5-2)10-8-11-19(6-3)14-16(13-17)9-7-12-20-15-16/h4-15,17H2,1-3H3. The maximum atomic E-state index is 6.05. The molecule has 0 aliphatic carbocycles. The van der Waals surface area contributed by atoms with Crippen LogP contribution in [0.1, 0.15) is 40.0 Å². The fourth-order valence-electron chi connectivity index (χ4n) is 3.14. The van der Waals surface area contributed by atoms with Crippen molar-refractivity contribution < 1.29 is 4.74 Å². The highest BCUT2D eigenvalue weighted by molar-refractivity contribution is 4.86. The van der Waals surface area contributed by atoms with Crippen molar-refractivity contribution >= 4 is 0 Å². The Bertz CT molecular complexity index is 238. The predicted octanol–water partition coefficient (Wildman–Crippen LogP) is 1.80. The van der Waals surface area contributed by atoms with Crippen LogP contribution in [0.25, 0.3) is 0 Å². The van der Waals surface area contributed by atoms with Crippen molar-refractivity contribution in [1.82, 2.24) is 9.80 Å². The summed E-state index contributed by atoms with van der Waals surface area (Å²) < 4.78 is 5.68. The van der Waals surface area contributed by atoms with Crippen molar-refractivity contribution in [3.8, 4) is 0 Å². The van der Waals surface area contributed by atoms with Crippen LogP contribution in [0.4, 0.5) is 0 Å². The van der Waals surface area contributed by atoms with Crippen LogP contribution in [0.2, 0.25) is 0 Å². The van der Waals surface area contributed by atoms with E-state index in [1.807, 2.05) is 0 Å². The van der Waals surface area contributed by atoms with Crippen LogP contribution in [-0.4, -0.2) is 68.8 Å². The molecular formula is C16H35N3O. The number of nitrogens with zero attached hydrogens (tertiary/aromatic N) is 2. The Hall–Kier alpha value is -0.160. The van der Waals surface area contributed by atoms with E-state index in [0.29, 0.717) is 0 Å². The lowest BCUT2D eigenvalue weighted by molar-refractivity contribution is -0.0215. The van der Waals surface area contributed by atoms with Gasteiger partial charge in [0.25, 0.3) is 0 Å². The summed E-state index contributed by atoms with van der Waals surface area (Å²) in [6.45, 7) is 16.1. The Labute approximate surface area is 125 Å². The molecule has 0 radical (unpaired) electrons. The van der Waals surface area contributed by atoms with Crippen molar-refractivity contribution in [2.45, 2.75) is 40.0 Å². The Morgan fingerprint density at radius 3 is 2.20 bits per heavy atom. The third-order valence-electron chi connectivity index (χ3n) is 4.69. The summed E-state index contributed by atoms with van der Waals surface area (Å²) in [7, 11) is 0. The van der Waals surface area contributed by atoms with Crippen molar-refractivity contribution in [3.63, 3.8) is 0 Å². The molecule has 0 aromatic heterocycles. The van der Waals surface area contributed by atoms with Gasteiger partial charge in [-0.15, -0.1) is 0 Å². The zero-order valence-electron chi connectivity index (χ0n) is 13.9. The Morgan fingerprint density at radius 2 is 1.70 bits per heavy atom. The first kappa shape index (κ1) is 17.9. The van der Waals surface area contributed by atoms with Gasteiger partial charge in [0.2, 0.25) is 0 Å². The maximum Gasteiger partial charge on any atom is 0.0546 e. The molecule has 0 spiro atoms. The maximum absolute atomic E-state index is 6.05. The Kier molecular flexibility index (Phi) is 8.69. The molecule has 1 heterocycles. The molecule has 1 aliphatic heterocycles. The third kappa shape index (κ3) is 5.68. The van der Waals surface area contributed by atoms with Crippen LogP contribution in [0.15, 0.2) is 0 Å². The molecule has 0 amide bonds. The third-order valence-corrected chi connectivity index (χ3v) is 4.69. The monoisotopic (exact) mass is 285 g/mol. The predicted molar refractivity (Wildman–Crippen MR) is 86.1 cm³/mol. The van der Waals surface area contributed by atoms with Gasteiger partial charge in [0.05, 0.1) is 6.61 Å². The van der Waals surface area contributed by atoms with E-state index in [0.717, 1.165) is 52.4 Å². The number of nitrogens with two attached hydrogens (primary N) is 1. The zero-order chi connectivity index (χ0) is 14.8. The van der Waals surface area contributed by atoms with Crippen molar-refractivity contribution in [1.29, 1.82) is 0 Å². The van der Waals surface area contributed by atoms with Gasteiger partial charge >= 0.3 is 0 Å². The lowest BCUT2D eigenvalue weighted by atomic mass is 9.82. The molecule has 4 nitrogen and oxygen atoms in total. The molecule has 0 aromatic carbocycles. The highest BCUT2D eigenvalue weighted by Crippen LogP contribution is 2.28. The van der Waals surface area contributed by atoms with Crippen LogP contribution in [0.5, 0.6) is 0 Å². The smallest absolute Gasteiger partial charge is 0.0546 e. The van der Waals surface area contributed by atoms with Crippen LogP contribution >= 0.6 is 0 Å². The molecule has 0 saturated carbocycles. The second kappa shape index (κ2) is 9.72. The molecule has 1 saturated heterocycles. The molecule has 20 heavy (non-hydrogen) atoms. The van der Waals surface area contributed by atoms with Crippen LogP contribution in [0.3, 0.4) is 0 Å². The second-order valence-corrected chi connectivity index (χ2v) is 6.11. The minimum atomic E-state index is 0.198. The van der Waals surface area contributed by atoms with Crippen LogP contribution < -0.4 is 5.73 Å². The molecular weight excluding hydrogens is 250 g/mol. The van der Waals surface area contributed by atoms with Crippen molar-refractivity contribution in [2.75, 3.05) is 59.0 Å². The highest BCUT2D eigenvalue weighted by atomic mass is 16.5. The van der Waals surface area contributed by atoms with Crippen LogP contribution in [0, 0.1) is 5.41 Å². The van der Waals surface area contributed by atoms with Gasteiger partial charge in [0, 0.05) is 25.1 Å². The second-order valence-electron chi connectivity index (χ2n) is 6.11. The van der Waals surface area contributed by atoms with Gasteiger partial charge in [0.15, 0.2) is 0 Å². The number of hydrogen-bond donors (Lipinski definition) is 1. The summed E-state index contributed by atoms with van der Waals surface area (Å²) >= 11 is 0. The summed E-state index contributed by atoms with van der Waals surface area (Å²) in [6, 6.07) is 0. The average molecular weight is 285 g/mol. The van der Waals surface area contributed by atoms with Crippen molar-refractivity contribution in [3.05, 3.63) is 0 Å². The molecule has 1 unspecified atom stereocenters. The van der Waals surface area contributed by atoms with E-state index in [1.54, 1.807) is 0 Å². The first-order chi connectivity index (χ1) is 9.69. The first-order valence-corrected chi connectivity index (χ1v) is 8.42. The lowest BCUT2D eigenvalue weighted by Crippen LogP contribution is -2.48. The quantitative estimate of drug-likeness (QED) is 0.664. The molecule has 1 rings (SSSR count). The Balaban J connectivity index is 2.37. The number of hydrogen-bond acceptors (Lipinski definition) is 4. The molecule has 4 heteroatoms. The van der Waals surface area contributed by atoms with Gasteiger partial charge in [0.1, 0.15) is 0 Å². The van der Waals surface area contributed by atoms with Crippen molar-refractivity contribution in [2.24, 2.45) is 11.1 Å². The molecule has 0 bridgehead atoms. The highest BCUT2D eigenvalue weighted by Gasteiger charge is 2.33. The number of ether oxygens (including phenoxy) is 1. The van der Waals surface area contributed by atoms with Crippen LogP contribution in [-0.2, 0) is 4.74 Å². The SMILES string of the molecule is CCN(CC)CCCN(CC)CC1(CN)CCCOC1. The topological polar surface area (TPSA) is 41.7 Å². The zero-order valence-corrected chi connectivity index (χ0v) is 13.9. The molecule has 0 aromatic rings. The van der Waals surface area contributed by atoms with E-state index < -0.39 is 0 Å². The summed E-state index contributed by atoms with van der Waals surface area (Å²) in [4.78, 5) is 5.06. The largest absolute Gasteiger partial charge is 0.381 e. The van der Waals surface area contributed by atoms with E-state index in [9.17, 15) is 0 Å². The fraction of sp³-hybridized carbons (Fsp3) is 1.00. The van der Waals surface area contributed by atoms with Gasteiger partial charge in [-0.1, -0.05) is 20.8 Å². The summed E-state index contributed by atoms with van der Waals surface area (Å²) in [5.74, 6) is 0. The van der Waals surface area contributed by atoms with Gasteiger partial charge in [-0.3, -0.25) is 0 Å². The van der Waals surface area contributed by atoms with E-state index in [2.05, 4.69) is 30.6 Å². The normalized spacial score (nSPS) is 23.7. The summed E-state index contributed by atoms with van der Waals surface area (Å²) in [5, 5.41) is 0. The lowest BCUT2D eigenvalue weighted by Gasteiger charge is -2.40. The summed E-state index contributed by atoms with van der Waals surface area (Å²) in [6.07, 6.45) is 3.63. The van der Waals surface area contributed by atoms with Gasteiger partial charge in [-0.05, 0) is 52.0 Å².